The summed E-state index contributed by atoms with van der Waals surface area (Å²) in [4.78, 5) is 24.0. The lowest BCUT2D eigenvalue weighted by atomic mass is 10.1. The summed E-state index contributed by atoms with van der Waals surface area (Å²) < 4.78 is 12.0. The Morgan fingerprint density at radius 2 is 1.86 bits per heavy atom. The van der Waals surface area contributed by atoms with Crippen LogP contribution in [-0.4, -0.2) is 34.9 Å². The molecular formula is C21H21N3O4. The number of ether oxygens (including phenoxy) is 2. The van der Waals surface area contributed by atoms with Crippen molar-refractivity contribution in [1.82, 2.24) is 9.78 Å². The third-order valence-electron chi connectivity index (χ3n) is 4.26. The fourth-order valence-electron chi connectivity index (χ4n) is 2.62. The normalized spacial score (nSPS) is 11.7. The SMILES string of the molecule is COc1cccc(-c2nn(-c3ccc(C)cc3)cc2C(=O)O[C@@H](C)C(N)=O)c1. The van der Waals surface area contributed by atoms with Crippen LogP contribution in [0.4, 0.5) is 0 Å². The Morgan fingerprint density at radius 1 is 1.14 bits per heavy atom. The Balaban J connectivity index is 2.08. The second kappa shape index (κ2) is 7.96. The number of carbonyl (C=O) groups excluding carboxylic acids is 2. The van der Waals surface area contributed by atoms with E-state index in [1.807, 2.05) is 37.3 Å². The highest BCUT2D eigenvalue weighted by molar-refractivity contribution is 5.97. The van der Waals surface area contributed by atoms with Crippen molar-refractivity contribution in [2.45, 2.75) is 20.0 Å². The number of amides is 1. The maximum Gasteiger partial charge on any atom is 0.342 e. The van der Waals surface area contributed by atoms with Gasteiger partial charge in [-0.3, -0.25) is 4.79 Å². The zero-order valence-electron chi connectivity index (χ0n) is 15.9. The van der Waals surface area contributed by atoms with E-state index >= 15 is 0 Å². The number of benzene rings is 2. The van der Waals surface area contributed by atoms with E-state index in [4.69, 9.17) is 15.2 Å². The van der Waals surface area contributed by atoms with E-state index in [0.29, 0.717) is 17.0 Å². The molecule has 28 heavy (non-hydrogen) atoms. The van der Waals surface area contributed by atoms with Gasteiger partial charge in [0.05, 0.1) is 12.8 Å². The van der Waals surface area contributed by atoms with Gasteiger partial charge >= 0.3 is 5.97 Å². The summed E-state index contributed by atoms with van der Waals surface area (Å²) in [6.45, 7) is 3.42. The smallest absolute Gasteiger partial charge is 0.342 e. The van der Waals surface area contributed by atoms with Crippen LogP contribution in [-0.2, 0) is 9.53 Å². The Kier molecular flexibility index (Phi) is 5.44. The highest BCUT2D eigenvalue weighted by Crippen LogP contribution is 2.27. The van der Waals surface area contributed by atoms with Crippen molar-refractivity contribution >= 4 is 11.9 Å². The quantitative estimate of drug-likeness (QED) is 0.664. The zero-order valence-corrected chi connectivity index (χ0v) is 15.9. The molecule has 0 aliphatic rings. The van der Waals surface area contributed by atoms with Gasteiger partial charge in [0, 0.05) is 11.8 Å². The first-order valence-electron chi connectivity index (χ1n) is 8.70. The molecule has 2 aromatic carbocycles. The molecule has 0 fully saturated rings. The molecule has 0 bridgehead atoms. The number of nitrogens with zero attached hydrogens (tertiary/aromatic N) is 2. The maximum atomic E-state index is 12.7. The molecule has 0 aliphatic carbocycles. The number of nitrogens with two attached hydrogens (primary N) is 1. The van der Waals surface area contributed by atoms with E-state index in [-0.39, 0.29) is 5.56 Å². The molecule has 0 saturated carbocycles. The number of methoxy groups -OCH3 is 1. The average Bonchev–Trinajstić information content (AvgIpc) is 3.14. The highest BCUT2D eigenvalue weighted by atomic mass is 16.5. The summed E-state index contributed by atoms with van der Waals surface area (Å²) in [7, 11) is 1.56. The number of hydrogen-bond acceptors (Lipinski definition) is 5. The molecule has 1 atom stereocenters. The molecule has 7 heteroatoms. The number of rotatable bonds is 6. The Labute approximate surface area is 162 Å². The number of esters is 1. The monoisotopic (exact) mass is 379 g/mol. The predicted molar refractivity (Wildman–Crippen MR) is 104 cm³/mol. The number of hydrogen-bond donors (Lipinski definition) is 1. The van der Waals surface area contributed by atoms with Crippen molar-refractivity contribution in [3.8, 4) is 22.7 Å². The summed E-state index contributed by atoms with van der Waals surface area (Å²) in [5.74, 6) is -0.767. The fourth-order valence-corrected chi connectivity index (χ4v) is 2.62. The van der Waals surface area contributed by atoms with Gasteiger partial charge < -0.3 is 15.2 Å². The Morgan fingerprint density at radius 3 is 2.50 bits per heavy atom. The van der Waals surface area contributed by atoms with E-state index < -0.39 is 18.0 Å². The molecule has 0 spiro atoms. The molecule has 2 N–H and O–H groups in total. The van der Waals surface area contributed by atoms with Gasteiger partial charge in [-0.05, 0) is 38.1 Å². The molecule has 0 aliphatic heterocycles. The van der Waals surface area contributed by atoms with E-state index in [2.05, 4.69) is 5.10 Å². The summed E-state index contributed by atoms with van der Waals surface area (Å²) in [5, 5.41) is 4.57. The van der Waals surface area contributed by atoms with Gasteiger partial charge in [-0.15, -0.1) is 0 Å². The van der Waals surface area contributed by atoms with Crippen molar-refractivity contribution in [1.29, 1.82) is 0 Å². The van der Waals surface area contributed by atoms with Crippen LogP contribution in [0.5, 0.6) is 5.75 Å². The van der Waals surface area contributed by atoms with Gasteiger partial charge in [0.2, 0.25) is 0 Å². The van der Waals surface area contributed by atoms with E-state index in [0.717, 1.165) is 11.3 Å². The highest BCUT2D eigenvalue weighted by Gasteiger charge is 2.23. The van der Waals surface area contributed by atoms with Crippen molar-refractivity contribution in [2.75, 3.05) is 7.11 Å². The molecule has 0 radical (unpaired) electrons. The number of aryl methyl sites for hydroxylation is 1. The summed E-state index contributed by atoms with van der Waals surface area (Å²) in [5.41, 5.74) is 8.43. The van der Waals surface area contributed by atoms with E-state index in [9.17, 15) is 9.59 Å². The second-order valence-electron chi connectivity index (χ2n) is 6.35. The number of carbonyl (C=O) groups is 2. The van der Waals surface area contributed by atoms with Crippen LogP contribution in [0, 0.1) is 6.92 Å². The van der Waals surface area contributed by atoms with Crippen LogP contribution < -0.4 is 10.5 Å². The standard InChI is InChI=1S/C21H21N3O4/c1-13-7-9-16(10-8-13)24-12-18(21(26)28-14(2)20(22)25)19(23-24)15-5-4-6-17(11-15)27-3/h4-12,14H,1-3H3,(H2,22,25)/t14-/m0/s1. The molecule has 0 unspecified atom stereocenters. The summed E-state index contributed by atoms with van der Waals surface area (Å²) in [6.07, 6.45) is 0.531. The molecule has 1 amide bonds. The van der Waals surface area contributed by atoms with Crippen LogP contribution in [0.2, 0.25) is 0 Å². The van der Waals surface area contributed by atoms with Gasteiger partial charge in [0.1, 0.15) is 17.0 Å². The maximum absolute atomic E-state index is 12.7. The Hall–Kier alpha value is -3.61. The van der Waals surface area contributed by atoms with Crippen molar-refractivity contribution in [3.05, 3.63) is 65.9 Å². The predicted octanol–water partition coefficient (Wildman–Crippen LogP) is 2.89. The molecule has 3 rings (SSSR count). The minimum Gasteiger partial charge on any atom is -0.497 e. The van der Waals surface area contributed by atoms with E-state index in [1.165, 1.54) is 6.92 Å². The van der Waals surface area contributed by atoms with Crippen LogP contribution in [0.3, 0.4) is 0 Å². The number of primary amides is 1. The van der Waals surface area contributed by atoms with Gasteiger partial charge in [-0.2, -0.15) is 5.10 Å². The fraction of sp³-hybridized carbons (Fsp3) is 0.190. The van der Waals surface area contributed by atoms with Gasteiger partial charge in [0.15, 0.2) is 6.10 Å². The lowest BCUT2D eigenvalue weighted by Crippen LogP contribution is -2.30. The first-order chi connectivity index (χ1) is 13.4. The minimum atomic E-state index is -1.05. The average molecular weight is 379 g/mol. The van der Waals surface area contributed by atoms with Crippen molar-refractivity contribution in [3.63, 3.8) is 0 Å². The van der Waals surface area contributed by atoms with Crippen molar-refractivity contribution in [2.24, 2.45) is 5.73 Å². The molecule has 1 aromatic heterocycles. The lowest BCUT2D eigenvalue weighted by molar-refractivity contribution is -0.125. The molecule has 7 nitrogen and oxygen atoms in total. The largest absolute Gasteiger partial charge is 0.497 e. The van der Waals surface area contributed by atoms with Crippen LogP contribution in [0.1, 0.15) is 22.8 Å². The third kappa shape index (κ3) is 4.03. The zero-order chi connectivity index (χ0) is 20.3. The molecular weight excluding hydrogens is 358 g/mol. The first kappa shape index (κ1) is 19.2. The summed E-state index contributed by atoms with van der Waals surface area (Å²) in [6, 6.07) is 14.9. The topological polar surface area (TPSA) is 96.4 Å². The first-order valence-corrected chi connectivity index (χ1v) is 8.70. The van der Waals surface area contributed by atoms with Gasteiger partial charge in [-0.25, -0.2) is 9.48 Å². The molecule has 0 saturated heterocycles. The molecule has 144 valence electrons. The minimum absolute atomic E-state index is 0.224. The van der Waals surface area contributed by atoms with E-state index in [1.54, 1.807) is 36.2 Å². The van der Waals surface area contributed by atoms with Gasteiger partial charge in [-0.1, -0.05) is 29.8 Å². The van der Waals surface area contributed by atoms with Crippen LogP contribution >= 0.6 is 0 Å². The Bertz CT molecular complexity index is 1010. The third-order valence-corrected chi connectivity index (χ3v) is 4.26. The van der Waals surface area contributed by atoms with Crippen molar-refractivity contribution < 1.29 is 19.1 Å². The number of aromatic nitrogens is 2. The summed E-state index contributed by atoms with van der Waals surface area (Å²) >= 11 is 0. The second-order valence-corrected chi connectivity index (χ2v) is 6.35. The van der Waals surface area contributed by atoms with Gasteiger partial charge in [0.25, 0.3) is 5.91 Å². The molecule has 3 aromatic rings. The molecule has 1 heterocycles. The lowest BCUT2D eigenvalue weighted by Gasteiger charge is -2.09. The van der Waals surface area contributed by atoms with Crippen LogP contribution in [0.25, 0.3) is 16.9 Å². The van der Waals surface area contributed by atoms with Crippen LogP contribution in [0.15, 0.2) is 54.7 Å².